The lowest BCUT2D eigenvalue weighted by Gasteiger charge is -2.44. The van der Waals surface area contributed by atoms with Gasteiger partial charge in [0.1, 0.15) is 11.4 Å². The van der Waals surface area contributed by atoms with Gasteiger partial charge in [-0.05, 0) is 45.0 Å². The molecule has 4 heterocycles. The van der Waals surface area contributed by atoms with Crippen LogP contribution >= 0.6 is 0 Å². The summed E-state index contributed by atoms with van der Waals surface area (Å²) < 4.78 is 7.16. The number of pyridine rings is 1. The van der Waals surface area contributed by atoms with Crippen molar-refractivity contribution in [1.82, 2.24) is 29.7 Å². The van der Waals surface area contributed by atoms with E-state index in [9.17, 15) is 4.79 Å². The number of ether oxygens (including phenoxy) is 1. The number of aromatic nitrogens is 5. The monoisotopic (exact) mass is 381 g/mol. The minimum absolute atomic E-state index is 0.0889. The Morgan fingerprint density at radius 1 is 1.21 bits per heavy atom. The number of carbonyl (C=O) groups is 1. The summed E-state index contributed by atoms with van der Waals surface area (Å²) >= 11 is 0. The van der Waals surface area contributed by atoms with Crippen molar-refractivity contribution in [3.05, 3.63) is 36.7 Å². The Balaban J connectivity index is 1.49. The number of anilines is 1. The number of nitrogens with zero attached hydrogens (tertiary/aromatic N) is 7. The van der Waals surface area contributed by atoms with Gasteiger partial charge >= 0.3 is 6.09 Å². The van der Waals surface area contributed by atoms with Crippen LogP contribution in [-0.2, 0) is 4.74 Å². The maximum absolute atomic E-state index is 12.2. The Labute approximate surface area is 162 Å². The molecule has 1 aliphatic rings. The van der Waals surface area contributed by atoms with Crippen LogP contribution in [0, 0.1) is 0 Å². The van der Waals surface area contributed by atoms with Gasteiger partial charge in [-0.15, -0.1) is 15.3 Å². The highest BCUT2D eigenvalue weighted by Crippen LogP contribution is 2.24. The highest BCUT2D eigenvalue weighted by Gasteiger charge is 2.35. The van der Waals surface area contributed by atoms with Crippen LogP contribution in [0.25, 0.3) is 17.0 Å². The Morgan fingerprint density at radius 3 is 2.68 bits per heavy atom. The van der Waals surface area contributed by atoms with Crippen LogP contribution in [0.1, 0.15) is 20.8 Å². The molecule has 0 unspecified atom stereocenters. The summed E-state index contributed by atoms with van der Waals surface area (Å²) in [7, 11) is 1.77. The van der Waals surface area contributed by atoms with Crippen molar-refractivity contribution in [1.29, 1.82) is 0 Å². The van der Waals surface area contributed by atoms with Crippen molar-refractivity contribution < 1.29 is 9.53 Å². The van der Waals surface area contributed by atoms with E-state index in [1.165, 1.54) is 0 Å². The van der Waals surface area contributed by atoms with E-state index in [-0.39, 0.29) is 12.1 Å². The van der Waals surface area contributed by atoms with Crippen LogP contribution in [0.3, 0.4) is 0 Å². The van der Waals surface area contributed by atoms with Gasteiger partial charge in [0, 0.05) is 38.1 Å². The van der Waals surface area contributed by atoms with E-state index in [1.807, 2.05) is 45.0 Å². The van der Waals surface area contributed by atoms with Gasteiger partial charge in [-0.3, -0.25) is 4.98 Å². The van der Waals surface area contributed by atoms with E-state index in [4.69, 9.17) is 4.74 Å². The molecular formula is C19H23N7O2. The molecule has 0 aliphatic carbocycles. The molecule has 3 aromatic rings. The third-order valence-electron chi connectivity index (χ3n) is 4.58. The smallest absolute Gasteiger partial charge is 0.410 e. The molecule has 0 saturated carbocycles. The zero-order valence-corrected chi connectivity index (χ0v) is 16.4. The molecule has 1 aliphatic heterocycles. The van der Waals surface area contributed by atoms with E-state index >= 15 is 0 Å². The summed E-state index contributed by atoms with van der Waals surface area (Å²) in [5, 5.41) is 13.1. The third-order valence-corrected chi connectivity index (χ3v) is 4.58. The van der Waals surface area contributed by atoms with E-state index < -0.39 is 5.60 Å². The molecule has 0 radical (unpaired) electrons. The lowest BCUT2D eigenvalue weighted by Crippen LogP contribution is -2.60. The van der Waals surface area contributed by atoms with Crippen molar-refractivity contribution in [3.63, 3.8) is 0 Å². The normalized spacial score (nSPS) is 14.8. The fraction of sp³-hybridized carbons (Fsp3) is 0.421. The first-order chi connectivity index (χ1) is 13.3. The summed E-state index contributed by atoms with van der Waals surface area (Å²) in [5.74, 6) is 1.46. The van der Waals surface area contributed by atoms with Gasteiger partial charge in [0.05, 0.1) is 6.04 Å². The van der Waals surface area contributed by atoms with Crippen LogP contribution in [0.2, 0.25) is 0 Å². The third kappa shape index (κ3) is 3.47. The average molecular weight is 381 g/mol. The van der Waals surface area contributed by atoms with Crippen molar-refractivity contribution in [2.75, 3.05) is 25.0 Å². The molecule has 9 heteroatoms. The molecule has 3 aromatic heterocycles. The van der Waals surface area contributed by atoms with Crippen LogP contribution < -0.4 is 4.90 Å². The minimum atomic E-state index is -0.501. The lowest BCUT2D eigenvalue weighted by atomic mass is 10.1. The number of carbonyl (C=O) groups excluding carboxylic acids is 1. The second-order valence-corrected chi connectivity index (χ2v) is 7.88. The quantitative estimate of drug-likeness (QED) is 0.687. The topological polar surface area (TPSA) is 88.8 Å². The molecule has 28 heavy (non-hydrogen) atoms. The zero-order chi connectivity index (χ0) is 19.9. The van der Waals surface area contributed by atoms with Crippen molar-refractivity contribution in [3.8, 4) is 11.4 Å². The second-order valence-electron chi connectivity index (χ2n) is 7.88. The van der Waals surface area contributed by atoms with Gasteiger partial charge in [0.25, 0.3) is 0 Å². The van der Waals surface area contributed by atoms with Crippen LogP contribution in [0.4, 0.5) is 10.6 Å². The number of fused-ring (bicyclic) bond motifs is 1. The van der Waals surface area contributed by atoms with Gasteiger partial charge in [-0.25, -0.2) is 4.79 Å². The molecule has 0 aromatic carbocycles. The Hall–Kier alpha value is -3.23. The standard InChI is InChI=1S/C19H23N7O2/c1-19(2,3)28-18(27)24(4)14-11-25(12-14)16-8-7-15-21-22-17(26(15)23-16)13-6-5-9-20-10-13/h5-10,14H,11-12H2,1-4H3. The molecule has 9 nitrogen and oxygen atoms in total. The van der Waals surface area contributed by atoms with E-state index in [1.54, 1.807) is 28.9 Å². The van der Waals surface area contributed by atoms with Gasteiger partial charge < -0.3 is 14.5 Å². The Bertz CT molecular complexity index is 990. The Morgan fingerprint density at radius 2 is 2.00 bits per heavy atom. The van der Waals surface area contributed by atoms with E-state index in [0.717, 1.165) is 11.4 Å². The van der Waals surface area contributed by atoms with Gasteiger partial charge in [-0.2, -0.15) is 4.52 Å². The fourth-order valence-corrected chi connectivity index (χ4v) is 2.99. The van der Waals surface area contributed by atoms with E-state index in [0.29, 0.717) is 24.6 Å². The minimum Gasteiger partial charge on any atom is -0.444 e. The van der Waals surface area contributed by atoms with E-state index in [2.05, 4.69) is 25.2 Å². The highest BCUT2D eigenvalue weighted by molar-refractivity contribution is 5.69. The molecule has 0 bridgehead atoms. The maximum atomic E-state index is 12.2. The fourth-order valence-electron chi connectivity index (χ4n) is 2.99. The summed E-state index contributed by atoms with van der Waals surface area (Å²) in [4.78, 5) is 20.1. The highest BCUT2D eigenvalue weighted by atomic mass is 16.6. The lowest BCUT2D eigenvalue weighted by molar-refractivity contribution is 0.0196. The average Bonchev–Trinajstić information content (AvgIpc) is 3.03. The molecular weight excluding hydrogens is 358 g/mol. The SMILES string of the molecule is CN(C(=O)OC(C)(C)C)C1CN(c2ccc3nnc(-c4cccnc4)n3n2)C1. The molecule has 0 spiro atoms. The first kappa shape index (κ1) is 18.1. The van der Waals surface area contributed by atoms with Crippen molar-refractivity contribution in [2.24, 2.45) is 0 Å². The molecule has 0 atom stereocenters. The molecule has 1 fully saturated rings. The maximum Gasteiger partial charge on any atom is 0.410 e. The van der Waals surface area contributed by atoms with Crippen LogP contribution in [0.15, 0.2) is 36.7 Å². The number of hydrogen-bond acceptors (Lipinski definition) is 7. The number of likely N-dealkylation sites (N-methyl/N-ethyl adjacent to an activating group) is 1. The summed E-state index contributed by atoms with van der Waals surface area (Å²) in [5.41, 5.74) is 1.02. The molecule has 0 N–H and O–H groups in total. The van der Waals surface area contributed by atoms with Crippen molar-refractivity contribution >= 4 is 17.6 Å². The number of rotatable bonds is 3. The molecule has 4 rings (SSSR count). The van der Waals surface area contributed by atoms with Gasteiger partial charge in [-0.1, -0.05) is 0 Å². The molecule has 146 valence electrons. The first-order valence-corrected chi connectivity index (χ1v) is 9.15. The predicted octanol–water partition coefficient (Wildman–Crippen LogP) is 2.24. The first-order valence-electron chi connectivity index (χ1n) is 9.15. The van der Waals surface area contributed by atoms with Gasteiger partial charge in [0.15, 0.2) is 11.5 Å². The van der Waals surface area contributed by atoms with Crippen LogP contribution in [0.5, 0.6) is 0 Å². The Kier molecular flexibility index (Phi) is 4.37. The summed E-state index contributed by atoms with van der Waals surface area (Å²) in [6.07, 6.45) is 3.14. The summed E-state index contributed by atoms with van der Waals surface area (Å²) in [6, 6.07) is 7.67. The molecule has 1 amide bonds. The van der Waals surface area contributed by atoms with Crippen LogP contribution in [-0.4, -0.2) is 67.6 Å². The number of amides is 1. The summed E-state index contributed by atoms with van der Waals surface area (Å²) in [6.45, 7) is 6.98. The van der Waals surface area contributed by atoms with Crippen molar-refractivity contribution in [2.45, 2.75) is 32.4 Å². The largest absolute Gasteiger partial charge is 0.444 e. The number of hydrogen-bond donors (Lipinski definition) is 0. The second kappa shape index (κ2) is 6.74. The zero-order valence-electron chi connectivity index (χ0n) is 16.4. The van der Waals surface area contributed by atoms with Gasteiger partial charge in [0.2, 0.25) is 0 Å². The predicted molar refractivity (Wildman–Crippen MR) is 104 cm³/mol. The molecule has 1 saturated heterocycles.